The monoisotopic (exact) mass is 408 g/mol. The van der Waals surface area contributed by atoms with Gasteiger partial charge < -0.3 is 20.7 Å². The zero-order chi connectivity index (χ0) is 19.8. The van der Waals surface area contributed by atoms with E-state index >= 15 is 0 Å². The molecule has 1 aromatic rings. The van der Waals surface area contributed by atoms with Crippen molar-refractivity contribution >= 4 is 29.2 Å². The van der Waals surface area contributed by atoms with E-state index in [1.807, 2.05) is 0 Å². The Kier molecular flexibility index (Phi) is 7.53. The molecule has 0 atom stereocenters. The number of morpholine rings is 1. The third kappa shape index (κ3) is 5.83. The molecule has 3 rings (SSSR count). The summed E-state index contributed by atoms with van der Waals surface area (Å²) in [7, 11) is 0. The average molecular weight is 409 g/mol. The van der Waals surface area contributed by atoms with Gasteiger partial charge in [-0.3, -0.25) is 9.69 Å². The Hall–Kier alpha value is -1.83. The van der Waals surface area contributed by atoms with E-state index in [2.05, 4.69) is 20.9 Å². The lowest BCUT2D eigenvalue weighted by atomic mass is 9.81. The molecule has 1 aromatic carbocycles. The molecule has 7 nitrogen and oxygen atoms in total. The second kappa shape index (κ2) is 10.1. The predicted octanol–water partition coefficient (Wildman–Crippen LogP) is 2.61. The van der Waals surface area contributed by atoms with Crippen LogP contribution in [-0.2, 0) is 9.53 Å². The van der Waals surface area contributed by atoms with Gasteiger partial charge in [-0.2, -0.15) is 0 Å². The van der Waals surface area contributed by atoms with Crippen molar-refractivity contribution in [3.63, 3.8) is 0 Å². The normalized spacial score (nSPS) is 19.6. The number of nitrogens with one attached hydrogen (secondary N) is 3. The Labute approximate surface area is 171 Å². The number of hydrogen-bond acceptors (Lipinski definition) is 4. The van der Waals surface area contributed by atoms with Crippen LogP contribution >= 0.6 is 11.6 Å². The topological polar surface area (TPSA) is 82.7 Å². The van der Waals surface area contributed by atoms with Crippen LogP contribution in [0.25, 0.3) is 0 Å². The molecule has 154 valence electrons. The highest BCUT2D eigenvalue weighted by Gasteiger charge is 2.40. The van der Waals surface area contributed by atoms with Gasteiger partial charge in [-0.25, -0.2) is 4.79 Å². The van der Waals surface area contributed by atoms with Crippen molar-refractivity contribution in [2.45, 2.75) is 37.6 Å². The van der Waals surface area contributed by atoms with Crippen molar-refractivity contribution in [2.24, 2.45) is 0 Å². The fourth-order valence-corrected chi connectivity index (χ4v) is 3.92. The molecular weight excluding hydrogens is 380 g/mol. The molecule has 0 aromatic heterocycles. The Balaban J connectivity index is 1.55. The van der Waals surface area contributed by atoms with Crippen LogP contribution in [0.2, 0.25) is 5.02 Å². The molecule has 1 saturated carbocycles. The lowest BCUT2D eigenvalue weighted by molar-refractivity contribution is -0.128. The molecule has 1 heterocycles. The van der Waals surface area contributed by atoms with Gasteiger partial charge in [0.25, 0.3) is 0 Å². The highest BCUT2D eigenvalue weighted by molar-refractivity contribution is 6.30. The van der Waals surface area contributed by atoms with Crippen molar-refractivity contribution in [3.8, 4) is 0 Å². The maximum Gasteiger partial charge on any atom is 0.320 e. The summed E-state index contributed by atoms with van der Waals surface area (Å²) in [6.45, 7) is 4.63. The summed E-state index contributed by atoms with van der Waals surface area (Å²) >= 11 is 5.88. The molecule has 0 bridgehead atoms. The lowest BCUT2D eigenvalue weighted by Crippen LogP contribution is -2.61. The molecule has 1 saturated heterocycles. The summed E-state index contributed by atoms with van der Waals surface area (Å²) in [5, 5.41) is 9.39. The zero-order valence-corrected chi connectivity index (χ0v) is 16.9. The Bertz CT molecular complexity index is 656. The summed E-state index contributed by atoms with van der Waals surface area (Å²) in [5.74, 6) is -0.0910. The van der Waals surface area contributed by atoms with Gasteiger partial charge >= 0.3 is 6.03 Å². The van der Waals surface area contributed by atoms with Crippen LogP contribution in [0.3, 0.4) is 0 Å². The maximum absolute atomic E-state index is 13.0. The fraction of sp³-hybridized carbons (Fsp3) is 0.600. The quantitative estimate of drug-likeness (QED) is 0.675. The van der Waals surface area contributed by atoms with E-state index in [-0.39, 0.29) is 11.9 Å². The van der Waals surface area contributed by atoms with Crippen molar-refractivity contribution in [2.75, 3.05) is 44.7 Å². The van der Waals surface area contributed by atoms with Gasteiger partial charge in [-0.1, -0.05) is 30.9 Å². The number of halogens is 1. The van der Waals surface area contributed by atoms with E-state index in [0.717, 1.165) is 52.1 Å². The molecule has 3 N–H and O–H groups in total. The number of urea groups is 1. The zero-order valence-electron chi connectivity index (χ0n) is 16.1. The molecule has 0 unspecified atom stereocenters. The van der Waals surface area contributed by atoms with E-state index in [1.165, 1.54) is 0 Å². The van der Waals surface area contributed by atoms with Crippen molar-refractivity contribution in [1.29, 1.82) is 0 Å². The van der Waals surface area contributed by atoms with Crippen LogP contribution in [0.4, 0.5) is 10.5 Å². The molecule has 1 aliphatic carbocycles. The number of nitrogens with zero attached hydrogens (tertiary/aromatic N) is 1. The molecule has 2 aliphatic rings. The van der Waals surface area contributed by atoms with Crippen molar-refractivity contribution < 1.29 is 14.3 Å². The second-order valence-corrected chi connectivity index (χ2v) is 7.88. The minimum atomic E-state index is -0.847. The lowest BCUT2D eigenvalue weighted by Gasteiger charge is -2.37. The number of amides is 3. The highest BCUT2D eigenvalue weighted by Crippen LogP contribution is 2.28. The van der Waals surface area contributed by atoms with Gasteiger partial charge in [0.2, 0.25) is 5.91 Å². The molecule has 28 heavy (non-hydrogen) atoms. The number of ether oxygens (including phenoxy) is 1. The SMILES string of the molecule is O=C(Nc1ccc(Cl)cc1)NC1(C(=O)NCCN2CCOCC2)CCCCC1. The summed E-state index contributed by atoms with van der Waals surface area (Å²) < 4.78 is 5.35. The largest absolute Gasteiger partial charge is 0.379 e. The van der Waals surface area contributed by atoms with Gasteiger partial charge in [0.15, 0.2) is 0 Å². The van der Waals surface area contributed by atoms with Gasteiger partial charge in [-0.05, 0) is 37.1 Å². The van der Waals surface area contributed by atoms with Crippen LogP contribution in [0.5, 0.6) is 0 Å². The standard InChI is InChI=1S/C20H29ClN4O3/c21-16-4-6-17(7-5-16)23-19(27)24-20(8-2-1-3-9-20)18(26)22-10-11-25-12-14-28-15-13-25/h4-7H,1-3,8-15H2,(H,22,26)(H2,23,24,27). The van der Waals surface area contributed by atoms with Gasteiger partial charge in [-0.15, -0.1) is 0 Å². The molecule has 3 amide bonds. The first-order valence-electron chi connectivity index (χ1n) is 10.0. The molecule has 1 aliphatic heterocycles. The van der Waals surface area contributed by atoms with Crippen LogP contribution in [0, 0.1) is 0 Å². The minimum Gasteiger partial charge on any atom is -0.379 e. The van der Waals surface area contributed by atoms with Crippen molar-refractivity contribution in [1.82, 2.24) is 15.5 Å². The number of benzene rings is 1. The third-order valence-electron chi connectivity index (χ3n) is 5.41. The van der Waals surface area contributed by atoms with E-state index in [4.69, 9.17) is 16.3 Å². The number of carbonyl (C=O) groups excluding carboxylic acids is 2. The van der Waals surface area contributed by atoms with Gasteiger partial charge in [0.1, 0.15) is 5.54 Å². The minimum absolute atomic E-state index is 0.0910. The molecule has 0 spiro atoms. The molecule has 2 fully saturated rings. The van der Waals surface area contributed by atoms with E-state index in [9.17, 15) is 9.59 Å². The molecular formula is C20H29ClN4O3. The summed E-state index contributed by atoms with van der Waals surface area (Å²) in [5.41, 5.74) is -0.208. The first-order valence-corrected chi connectivity index (χ1v) is 10.4. The Morgan fingerprint density at radius 2 is 1.75 bits per heavy atom. The number of rotatable bonds is 6. The summed E-state index contributed by atoms with van der Waals surface area (Å²) in [6, 6.07) is 6.53. The van der Waals surface area contributed by atoms with E-state index < -0.39 is 5.54 Å². The Morgan fingerprint density at radius 1 is 1.07 bits per heavy atom. The average Bonchev–Trinajstić information content (AvgIpc) is 2.71. The number of carbonyl (C=O) groups is 2. The second-order valence-electron chi connectivity index (χ2n) is 7.44. The van der Waals surface area contributed by atoms with Gasteiger partial charge in [0, 0.05) is 36.9 Å². The van der Waals surface area contributed by atoms with E-state index in [1.54, 1.807) is 24.3 Å². The molecule has 0 radical (unpaired) electrons. The van der Waals surface area contributed by atoms with Crippen LogP contribution < -0.4 is 16.0 Å². The number of anilines is 1. The third-order valence-corrected chi connectivity index (χ3v) is 5.67. The molecule has 8 heteroatoms. The van der Waals surface area contributed by atoms with Crippen LogP contribution in [0.1, 0.15) is 32.1 Å². The van der Waals surface area contributed by atoms with Crippen LogP contribution in [0.15, 0.2) is 24.3 Å². The fourth-order valence-electron chi connectivity index (χ4n) is 3.80. The van der Waals surface area contributed by atoms with Crippen molar-refractivity contribution in [3.05, 3.63) is 29.3 Å². The predicted molar refractivity (Wildman–Crippen MR) is 110 cm³/mol. The maximum atomic E-state index is 13.0. The first-order chi connectivity index (χ1) is 13.6. The van der Waals surface area contributed by atoms with E-state index in [0.29, 0.717) is 30.1 Å². The summed E-state index contributed by atoms with van der Waals surface area (Å²) in [6.07, 6.45) is 4.26. The first kappa shape index (κ1) is 20.9. The van der Waals surface area contributed by atoms with Crippen LogP contribution in [-0.4, -0.2) is 61.8 Å². The van der Waals surface area contributed by atoms with Gasteiger partial charge in [0.05, 0.1) is 13.2 Å². The summed E-state index contributed by atoms with van der Waals surface area (Å²) in [4.78, 5) is 27.8. The highest BCUT2D eigenvalue weighted by atomic mass is 35.5. The Morgan fingerprint density at radius 3 is 2.43 bits per heavy atom. The smallest absolute Gasteiger partial charge is 0.320 e. The number of hydrogen-bond donors (Lipinski definition) is 3.